The highest BCUT2D eigenvalue weighted by molar-refractivity contribution is 7.99. The topological polar surface area (TPSA) is 27.1 Å². The summed E-state index contributed by atoms with van der Waals surface area (Å²) in [5.74, 6) is 1.01. The second-order valence-corrected chi connectivity index (χ2v) is 5.38. The molecule has 1 saturated heterocycles. The lowest BCUT2D eigenvalue weighted by atomic mass is 10.3. The predicted octanol–water partition coefficient (Wildman–Crippen LogP) is 2.84. The molecule has 0 saturated carbocycles. The van der Waals surface area contributed by atoms with Crippen molar-refractivity contribution in [3.05, 3.63) is 24.3 Å². The molecule has 0 N–H and O–H groups in total. The molecule has 1 aromatic carbocycles. The van der Waals surface area contributed by atoms with Crippen molar-refractivity contribution in [3.63, 3.8) is 0 Å². The summed E-state index contributed by atoms with van der Waals surface area (Å²) >= 11 is 1.80. The highest BCUT2D eigenvalue weighted by Gasteiger charge is 2.17. The van der Waals surface area contributed by atoms with Gasteiger partial charge in [0.2, 0.25) is 0 Å². The van der Waals surface area contributed by atoms with Gasteiger partial charge in [-0.25, -0.2) is 4.98 Å². The molecule has 0 unspecified atom stereocenters. The quantitative estimate of drug-likeness (QED) is 0.782. The molecule has 1 aliphatic rings. The zero-order valence-corrected chi connectivity index (χ0v) is 10.7. The van der Waals surface area contributed by atoms with Crippen LogP contribution in [0.1, 0.15) is 12.8 Å². The average Bonchev–Trinajstić information content (AvgIpc) is 2.96. The second kappa shape index (κ2) is 4.70. The number of fused-ring (bicyclic) bond motifs is 1. The van der Waals surface area contributed by atoms with Gasteiger partial charge < -0.3 is 9.30 Å². The number of hydrogen-bond donors (Lipinski definition) is 0. The summed E-state index contributed by atoms with van der Waals surface area (Å²) in [6, 6.07) is 8.26. The van der Waals surface area contributed by atoms with Crippen LogP contribution in [-0.4, -0.2) is 28.0 Å². The molecule has 2 aromatic rings. The van der Waals surface area contributed by atoms with Gasteiger partial charge in [-0.3, -0.25) is 0 Å². The third kappa shape index (κ3) is 2.19. The van der Waals surface area contributed by atoms with E-state index in [0.717, 1.165) is 23.0 Å². The largest absolute Gasteiger partial charge is 0.377 e. The maximum Gasteiger partial charge on any atom is 0.168 e. The zero-order valence-electron chi connectivity index (χ0n) is 9.93. The van der Waals surface area contributed by atoms with Crippen LogP contribution in [0.5, 0.6) is 0 Å². The molecule has 1 aromatic heterocycles. The van der Waals surface area contributed by atoms with E-state index in [2.05, 4.69) is 34.8 Å². The first-order valence-electron chi connectivity index (χ1n) is 6.00. The average molecular weight is 248 g/mol. The standard InChI is InChI=1S/C13H16N2OS/c1-15-12-7-3-2-6-11(12)14-13(15)17-9-10-5-4-8-16-10/h2-3,6-7,10H,4-5,8-9H2,1H3/t10-/m1/s1. The Morgan fingerprint density at radius 3 is 3.12 bits per heavy atom. The van der Waals surface area contributed by atoms with Gasteiger partial charge >= 0.3 is 0 Å². The van der Waals surface area contributed by atoms with Crippen LogP contribution in [0.2, 0.25) is 0 Å². The fraction of sp³-hybridized carbons (Fsp3) is 0.462. The molecule has 0 spiro atoms. The Balaban J connectivity index is 1.78. The lowest BCUT2D eigenvalue weighted by Crippen LogP contribution is -2.08. The maximum atomic E-state index is 5.63. The van der Waals surface area contributed by atoms with Crippen LogP contribution in [0, 0.1) is 0 Å². The van der Waals surface area contributed by atoms with Crippen LogP contribution in [0.4, 0.5) is 0 Å². The first-order chi connectivity index (χ1) is 8.34. The molecule has 3 nitrogen and oxygen atoms in total. The molecule has 1 atom stereocenters. The molecule has 0 radical (unpaired) electrons. The van der Waals surface area contributed by atoms with Crippen LogP contribution in [0.15, 0.2) is 29.4 Å². The summed E-state index contributed by atoms with van der Waals surface area (Å²) in [7, 11) is 2.08. The minimum absolute atomic E-state index is 0.416. The molecule has 3 rings (SSSR count). The molecule has 17 heavy (non-hydrogen) atoms. The van der Waals surface area contributed by atoms with E-state index in [1.54, 1.807) is 11.8 Å². The summed E-state index contributed by atoms with van der Waals surface area (Å²) in [5, 5.41) is 1.08. The van der Waals surface area contributed by atoms with Crippen molar-refractivity contribution in [2.75, 3.05) is 12.4 Å². The molecule has 1 aliphatic heterocycles. The molecule has 1 fully saturated rings. The SMILES string of the molecule is Cn1c(SC[C@H]2CCCO2)nc2ccccc21. The van der Waals surface area contributed by atoms with E-state index in [1.165, 1.54) is 18.4 Å². The van der Waals surface area contributed by atoms with E-state index in [-0.39, 0.29) is 0 Å². The summed E-state index contributed by atoms with van der Waals surface area (Å²) < 4.78 is 7.79. The summed E-state index contributed by atoms with van der Waals surface area (Å²) in [5.41, 5.74) is 2.27. The molecule has 0 aliphatic carbocycles. The van der Waals surface area contributed by atoms with Crippen LogP contribution < -0.4 is 0 Å². The number of aryl methyl sites for hydroxylation is 1. The molecule has 90 valence electrons. The smallest absolute Gasteiger partial charge is 0.168 e. The van der Waals surface area contributed by atoms with Gasteiger partial charge in [0.15, 0.2) is 5.16 Å². The van der Waals surface area contributed by atoms with Gasteiger partial charge in [-0.15, -0.1) is 0 Å². The Labute approximate surface area is 105 Å². The van der Waals surface area contributed by atoms with Gasteiger partial charge in [-0.2, -0.15) is 0 Å². The zero-order chi connectivity index (χ0) is 11.7. The maximum absolute atomic E-state index is 5.63. The Hall–Kier alpha value is -1.00. The summed E-state index contributed by atoms with van der Waals surface area (Å²) in [4.78, 5) is 4.64. The van der Waals surface area contributed by atoms with Crippen molar-refractivity contribution in [2.45, 2.75) is 24.1 Å². The minimum atomic E-state index is 0.416. The van der Waals surface area contributed by atoms with E-state index >= 15 is 0 Å². The molecular formula is C13H16N2OS. The highest BCUT2D eigenvalue weighted by Crippen LogP contribution is 2.25. The minimum Gasteiger partial charge on any atom is -0.377 e. The van der Waals surface area contributed by atoms with Gasteiger partial charge in [0.1, 0.15) is 0 Å². The number of ether oxygens (including phenoxy) is 1. The van der Waals surface area contributed by atoms with Crippen LogP contribution in [-0.2, 0) is 11.8 Å². The van der Waals surface area contributed by atoms with E-state index in [9.17, 15) is 0 Å². The summed E-state index contributed by atoms with van der Waals surface area (Å²) in [6.07, 6.45) is 2.81. The number of para-hydroxylation sites is 2. The van der Waals surface area contributed by atoms with Crippen LogP contribution >= 0.6 is 11.8 Å². The van der Waals surface area contributed by atoms with Crippen molar-refractivity contribution >= 4 is 22.8 Å². The van der Waals surface area contributed by atoms with Crippen molar-refractivity contribution < 1.29 is 4.74 Å². The molecule has 0 amide bonds. The fourth-order valence-electron chi connectivity index (χ4n) is 2.20. The predicted molar refractivity (Wildman–Crippen MR) is 70.4 cm³/mol. The van der Waals surface area contributed by atoms with Crippen molar-refractivity contribution in [3.8, 4) is 0 Å². The Morgan fingerprint density at radius 1 is 1.47 bits per heavy atom. The second-order valence-electron chi connectivity index (χ2n) is 4.39. The van der Waals surface area contributed by atoms with Gasteiger partial charge in [0.05, 0.1) is 17.1 Å². The third-order valence-corrected chi connectivity index (χ3v) is 4.33. The number of imidazole rings is 1. The fourth-order valence-corrected chi connectivity index (χ4v) is 3.25. The van der Waals surface area contributed by atoms with Gasteiger partial charge in [-0.05, 0) is 25.0 Å². The van der Waals surface area contributed by atoms with Crippen LogP contribution in [0.3, 0.4) is 0 Å². The molecular weight excluding hydrogens is 232 g/mol. The summed E-state index contributed by atoms with van der Waals surface area (Å²) in [6.45, 7) is 0.924. The molecule has 4 heteroatoms. The van der Waals surface area contributed by atoms with Crippen molar-refractivity contribution in [1.82, 2.24) is 9.55 Å². The van der Waals surface area contributed by atoms with E-state index < -0.39 is 0 Å². The molecule has 2 heterocycles. The number of hydrogen-bond acceptors (Lipinski definition) is 3. The van der Waals surface area contributed by atoms with Crippen molar-refractivity contribution in [1.29, 1.82) is 0 Å². The first-order valence-corrected chi connectivity index (χ1v) is 6.99. The van der Waals surface area contributed by atoms with Gasteiger partial charge in [0.25, 0.3) is 0 Å². The first kappa shape index (κ1) is 11.1. The number of benzene rings is 1. The number of rotatable bonds is 3. The normalized spacial score (nSPS) is 20.2. The monoisotopic (exact) mass is 248 g/mol. The molecule has 0 bridgehead atoms. The number of aromatic nitrogens is 2. The Bertz CT molecular complexity index is 517. The van der Waals surface area contributed by atoms with Gasteiger partial charge in [-0.1, -0.05) is 23.9 Å². The Morgan fingerprint density at radius 2 is 2.35 bits per heavy atom. The Kier molecular flexibility index (Phi) is 3.07. The number of thioether (sulfide) groups is 1. The van der Waals surface area contributed by atoms with Crippen molar-refractivity contribution in [2.24, 2.45) is 7.05 Å². The third-order valence-electron chi connectivity index (χ3n) is 3.17. The number of nitrogens with zero attached hydrogens (tertiary/aromatic N) is 2. The van der Waals surface area contributed by atoms with E-state index in [1.807, 2.05) is 6.07 Å². The highest BCUT2D eigenvalue weighted by atomic mass is 32.2. The lowest BCUT2D eigenvalue weighted by molar-refractivity contribution is 0.129. The van der Waals surface area contributed by atoms with E-state index in [0.29, 0.717) is 6.10 Å². The van der Waals surface area contributed by atoms with E-state index in [4.69, 9.17) is 4.74 Å². The lowest BCUT2D eigenvalue weighted by Gasteiger charge is -2.08. The van der Waals surface area contributed by atoms with Gasteiger partial charge in [0, 0.05) is 19.4 Å². The van der Waals surface area contributed by atoms with Crippen LogP contribution in [0.25, 0.3) is 11.0 Å².